The maximum absolute atomic E-state index is 12.6. The number of morpholine rings is 1. The molecule has 3 rings (SSSR count). The molecular weight excluding hydrogens is 366 g/mol. The van der Waals surface area contributed by atoms with Crippen molar-refractivity contribution in [3.63, 3.8) is 0 Å². The molecule has 3 N–H and O–H groups in total. The Bertz CT molecular complexity index is 789. The van der Waals surface area contributed by atoms with Gasteiger partial charge in [-0.2, -0.15) is 0 Å². The van der Waals surface area contributed by atoms with E-state index in [0.717, 1.165) is 44.8 Å². The number of para-hydroxylation sites is 1. The highest BCUT2D eigenvalue weighted by Crippen LogP contribution is 2.15. The second kappa shape index (κ2) is 11.3. The predicted octanol–water partition coefficient (Wildman–Crippen LogP) is 1.29. The van der Waals surface area contributed by atoms with Gasteiger partial charge < -0.3 is 20.3 Å². The van der Waals surface area contributed by atoms with Crippen molar-refractivity contribution in [3.05, 3.63) is 65.7 Å². The molecule has 1 aliphatic heterocycles. The zero-order chi connectivity index (χ0) is 20.3. The molecule has 6 nitrogen and oxygen atoms in total. The normalized spacial score (nSPS) is 14.3. The van der Waals surface area contributed by atoms with Crippen LogP contribution in [0, 0.1) is 0 Å². The summed E-state index contributed by atoms with van der Waals surface area (Å²) in [5, 5.41) is 5.86. The topological polar surface area (TPSA) is 71.9 Å². The first-order valence-electron chi connectivity index (χ1n) is 10.3. The summed E-state index contributed by atoms with van der Waals surface area (Å²) in [4.78, 5) is 26.5. The molecule has 1 fully saturated rings. The van der Waals surface area contributed by atoms with Gasteiger partial charge in [-0.05, 0) is 24.1 Å². The van der Waals surface area contributed by atoms with E-state index in [4.69, 9.17) is 4.74 Å². The van der Waals surface area contributed by atoms with Crippen LogP contribution >= 0.6 is 0 Å². The number of quaternary nitrogens is 1. The minimum absolute atomic E-state index is 0.0926. The van der Waals surface area contributed by atoms with E-state index in [1.165, 1.54) is 4.90 Å². The molecule has 1 heterocycles. The smallest absolute Gasteiger partial charge is 0.253 e. The van der Waals surface area contributed by atoms with Crippen LogP contribution in [0.4, 0.5) is 5.69 Å². The first kappa shape index (κ1) is 21.0. The van der Waals surface area contributed by atoms with Crippen molar-refractivity contribution >= 4 is 17.5 Å². The Hall–Kier alpha value is -2.70. The Labute approximate surface area is 172 Å². The monoisotopic (exact) mass is 396 g/mol. The van der Waals surface area contributed by atoms with Gasteiger partial charge in [0.05, 0.1) is 31.0 Å². The summed E-state index contributed by atoms with van der Waals surface area (Å²) >= 11 is 0. The maximum atomic E-state index is 12.6. The van der Waals surface area contributed by atoms with Crippen molar-refractivity contribution in [1.82, 2.24) is 5.32 Å². The molecule has 0 saturated carbocycles. The SMILES string of the molecule is O=C(CCc1ccccc1)Nc1ccccc1C(=O)NCCC[NH+]1CCOCC1. The van der Waals surface area contributed by atoms with Crippen LogP contribution in [0.15, 0.2) is 54.6 Å². The lowest BCUT2D eigenvalue weighted by Crippen LogP contribution is -3.14. The number of ether oxygens (including phenoxy) is 1. The van der Waals surface area contributed by atoms with E-state index >= 15 is 0 Å². The molecule has 154 valence electrons. The number of carbonyl (C=O) groups is 2. The fourth-order valence-electron chi connectivity index (χ4n) is 3.45. The van der Waals surface area contributed by atoms with Crippen LogP contribution in [0.5, 0.6) is 0 Å². The van der Waals surface area contributed by atoms with Crippen molar-refractivity contribution in [2.75, 3.05) is 44.7 Å². The molecule has 0 bridgehead atoms. The van der Waals surface area contributed by atoms with Crippen molar-refractivity contribution < 1.29 is 19.2 Å². The lowest BCUT2D eigenvalue weighted by atomic mass is 10.1. The summed E-state index contributed by atoms with van der Waals surface area (Å²) in [5.74, 6) is -0.244. The molecule has 1 aliphatic rings. The number of amides is 2. The third-order valence-electron chi connectivity index (χ3n) is 5.12. The lowest BCUT2D eigenvalue weighted by molar-refractivity contribution is -0.908. The van der Waals surface area contributed by atoms with Gasteiger partial charge in [0.15, 0.2) is 0 Å². The Kier molecular flexibility index (Phi) is 8.22. The van der Waals surface area contributed by atoms with Gasteiger partial charge in [-0.3, -0.25) is 9.59 Å². The van der Waals surface area contributed by atoms with Gasteiger partial charge in [0.1, 0.15) is 13.1 Å². The average molecular weight is 397 g/mol. The van der Waals surface area contributed by atoms with Crippen LogP contribution in [0.25, 0.3) is 0 Å². The molecular formula is C23H30N3O3+. The zero-order valence-electron chi connectivity index (χ0n) is 16.8. The van der Waals surface area contributed by atoms with E-state index in [1.54, 1.807) is 12.1 Å². The van der Waals surface area contributed by atoms with Gasteiger partial charge in [-0.15, -0.1) is 0 Å². The number of anilines is 1. The van der Waals surface area contributed by atoms with Gasteiger partial charge >= 0.3 is 0 Å². The molecule has 0 atom stereocenters. The van der Waals surface area contributed by atoms with E-state index in [9.17, 15) is 9.59 Å². The molecule has 0 unspecified atom stereocenters. The number of aryl methyl sites for hydroxylation is 1. The standard InChI is InChI=1S/C23H29N3O3/c27-22(12-11-19-7-2-1-3-8-19)25-21-10-5-4-9-20(21)23(28)24-13-6-14-26-15-17-29-18-16-26/h1-5,7-10H,6,11-18H2,(H,24,28)(H,25,27)/p+1. The minimum atomic E-state index is -0.152. The number of carbonyl (C=O) groups excluding carboxylic acids is 2. The summed E-state index contributed by atoms with van der Waals surface area (Å²) in [6.45, 7) is 5.36. The summed E-state index contributed by atoms with van der Waals surface area (Å²) in [7, 11) is 0. The highest BCUT2D eigenvalue weighted by molar-refractivity contribution is 6.03. The molecule has 6 heteroatoms. The molecule has 2 amide bonds. The quantitative estimate of drug-likeness (QED) is 0.560. The van der Waals surface area contributed by atoms with Crippen molar-refractivity contribution in [1.29, 1.82) is 0 Å². The van der Waals surface area contributed by atoms with Gasteiger partial charge in [0.25, 0.3) is 5.91 Å². The molecule has 0 aliphatic carbocycles. The van der Waals surface area contributed by atoms with Crippen LogP contribution < -0.4 is 15.5 Å². The Morgan fingerprint density at radius 2 is 1.69 bits per heavy atom. The minimum Gasteiger partial charge on any atom is -0.370 e. The number of benzene rings is 2. The van der Waals surface area contributed by atoms with Crippen LogP contribution in [-0.2, 0) is 16.0 Å². The fourth-order valence-corrected chi connectivity index (χ4v) is 3.45. The van der Waals surface area contributed by atoms with Crippen molar-refractivity contribution in [2.45, 2.75) is 19.3 Å². The summed E-state index contributed by atoms with van der Waals surface area (Å²) in [6, 6.07) is 17.1. The third kappa shape index (κ3) is 7.00. The zero-order valence-corrected chi connectivity index (χ0v) is 16.8. The van der Waals surface area contributed by atoms with Crippen molar-refractivity contribution in [2.24, 2.45) is 0 Å². The van der Waals surface area contributed by atoms with Gasteiger partial charge in [-0.25, -0.2) is 0 Å². The molecule has 2 aromatic rings. The molecule has 1 saturated heterocycles. The van der Waals surface area contributed by atoms with Gasteiger partial charge in [-0.1, -0.05) is 42.5 Å². The number of hydrogen-bond acceptors (Lipinski definition) is 3. The Balaban J connectivity index is 1.45. The second-order valence-electron chi connectivity index (χ2n) is 7.30. The highest BCUT2D eigenvalue weighted by atomic mass is 16.5. The van der Waals surface area contributed by atoms with E-state index in [-0.39, 0.29) is 11.8 Å². The Morgan fingerprint density at radius 1 is 0.966 bits per heavy atom. The van der Waals surface area contributed by atoms with E-state index in [2.05, 4.69) is 10.6 Å². The fraction of sp³-hybridized carbons (Fsp3) is 0.391. The molecule has 0 radical (unpaired) electrons. The summed E-state index contributed by atoms with van der Waals surface area (Å²) < 4.78 is 5.36. The molecule has 2 aromatic carbocycles. The van der Waals surface area contributed by atoms with E-state index < -0.39 is 0 Å². The first-order chi connectivity index (χ1) is 14.2. The lowest BCUT2D eigenvalue weighted by Gasteiger charge is -2.23. The third-order valence-corrected chi connectivity index (χ3v) is 5.12. The first-order valence-corrected chi connectivity index (χ1v) is 10.3. The number of nitrogens with one attached hydrogen (secondary N) is 3. The van der Waals surface area contributed by atoms with Gasteiger partial charge in [0.2, 0.25) is 5.91 Å². The predicted molar refractivity (Wildman–Crippen MR) is 113 cm³/mol. The molecule has 0 spiro atoms. The summed E-state index contributed by atoms with van der Waals surface area (Å²) in [6.07, 6.45) is 1.97. The van der Waals surface area contributed by atoms with Crippen molar-refractivity contribution in [3.8, 4) is 0 Å². The summed E-state index contributed by atoms with van der Waals surface area (Å²) in [5.41, 5.74) is 2.18. The molecule has 0 aromatic heterocycles. The number of rotatable bonds is 9. The van der Waals surface area contributed by atoms with E-state index in [0.29, 0.717) is 30.6 Å². The maximum Gasteiger partial charge on any atom is 0.253 e. The van der Waals surface area contributed by atoms with Gasteiger partial charge in [0, 0.05) is 19.4 Å². The van der Waals surface area contributed by atoms with Crippen LogP contribution in [0.2, 0.25) is 0 Å². The highest BCUT2D eigenvalue weighted by Gasteiger charge is 2.15. The Morgan fingerprint density at radius 3 is 2.48 bits per heavy atom. The van der Waals surface area contributed by atoms with Crippen LogP contribution in [0.1, 0.15) is 28.8 Å². The van der Waals surface area contributed by atoms with E-state index in [1.807, 2.05) is 42.5 Å². The van der Waals surface area contributed by atoms with Crippen LogP contribution in [0.3, 0.4) is 0 Å². The largest absolute Gasteiger partial charge is 0.370 e. The second-order valence-corrected chi connectivity index (χ2v) is 7.30. The molecule has 29 heavy (non-hydrogen) atoms. The van der Waals surface area contributed by atoms with Crippen LogP contribution in [-0.4, -0.2) is 51.2 Å². The number of hydrogen-bond donors (Lipinski definition) is 3. The average Bonchev–Trinajstić information content (AvgIpc) is 2.77.